The molecule has 0 unspecified atom stereocenters. The summed E-state index contributed by atoms with van der Waals surface area (Å²) in [4.78, 5) is 4.54. The van der Waals surface area contributed by atoms with Crippen molar-refractivity contribution < 1.29 is 0 Å². The first-order valence-electron chi connectivity index (χ1n) is 6.07. The largest absolute Gasteiger partial charge is 0.378 e. The van der Waals surface area contributed by atoms with Crippen molar-refractivity contribution in [1.82, 2.24) is 4.98 Å². The number of rotatable bonds is 3. The van der Waals surface area contributed by atoms with E-state index in [1.54, 1.807) is 0 Å². The molecule has 17 heavy (non-hydrogen) atoms. The predicted molar refractivity (Wildman–Crippen MR) is 71.1 cm³/mol. The highest BCUT2D eigenvalue weighted by Crippen LogP contribution is 2.39. The molecule has 0 spiro atoms. The van der Waals surface area contributed by atoms with Gasteiger partial charge in [0.15, 0.2) is 0 Å². The van der Waals surface area contributed by atoms with E-state index in [2.05, 4.69) is 28.5 Å². The van der Waals surface area contributed by atoms with Crippen LogP contribution in [0.4, 0.5) is 5.69 Å². The van der Waals surface area contributed by atoms with E-state index in [1.165, 1.54) is 18.2 Å². The third kappa shape index (κ3) is 1.87. The van der Waals surface area contributed by atoms with E-state index in [-0.39, 0.29) is 5.54 Å². The van der Waals surface area contributed by atoms with Crippen LogP contribution in [0.3, 0.4) is 0 Å². The van der Waals surface area contributed by atoms with Gasteiger partial charge >= 0.3 is 0 Å². The van der Waals surface area contributed by atoms with E-state index in [4.69, 9.17) is 5.73 Å². The molecule has 1 fully saturated rings. The number of anilines is 1. The number of aryl methyl sites for hydroxylation is 1. The van der Waals surface area contributed by atoms with Crippen molar-refractivity contribution in [2.45, 2.75) is 25.3 Å². The van der Waals surface area contributed by atoms with E-state index in [0.29, 0.717) is 6.54 Å². The molecule has 3 N–H and O–H groups in total. The Labute approximate surface area is 101 Å². The highest BCUT2D eigenvalue weighted by molar-refractivity contribution is 5.91. The number of aromatic nitrogens is 1. The summed E-state index contributed by atoms with van der Waals surface area (Å²) in [6.07, 6.45) is 2.33. The maximum atomic E-state index is 5.82. The molecule has 3 nitrogen and oxygen atoms in total. The fraction of sp³-hybridized carbons (Fsp3) is 0.357. The van der Waals surface area contributed by atoms with E-state index >= 15 is 0 Å². The van der Waals surface area contributed by atoms with Crippen molar-refractivity contribution in [3.05, 3.63) is 36.0 Å². The van der Waals surface area contributed by atoms with Gasteiger partial charge in [0.05, 0.1) is 5.52 Å². The zero-order valence-corrected chi connectivity index (χ0v) is 10.0. The molecule has 0 aliphatic heterocycles. The standard InChI is InChI=1S/C14H17N3/c1-10-8-13(17-14(9-15)6-7-14)11-4-2-3-5-12(11)16-10/h2-5,8H,6-7,9,15H2,1H3,(H,16,17). The second-order valence-electron chi connectivity index (χ2n) is 4.94. The van der Waals surface area contributed by atoms with E-state index in [0.717, 1.165) is 16.9 Å². The van der Waals surface area contributed by atoms with Gasteiger partial charge in [-0.15, -0.1) is 0 Å². The Morgan fingerprint density at radius 3 is 2.82 bits per heavy atom. The second-order valence-corrected chi connectivity index (χ2v) is 4.94. The fourth-order valence-electron chi connectivity index (χ4n) is 2.23. The van der Waals surface area contributed by atoms with Crippen LogP contribution in [-0.4, -0.2) is 17.1 Å². The van der Waals surface area contributed by atoms with Gasteiger partial charge in [0.2, 0.25) is 0 Å². The van der Waals surface area contributed by atoms with Crippen molar-refractivity contribution >= 4 is 16.6 Å². The van der Waals surface area contributed by atoms with Gasteiger partial charge in [-0.1, -0.05) is 18.2 Å². The summed E-state index contributed by atoms with van der Waals surface area (Å²) in [5.41, 5.74) is 9.20. The molecule has 1 aromatic carbocycles. The molecule has 0 amide bonds. The SMILES string of the molecule is Cc1cc(NC2(CN)CC2)c2ccccc2n1. The lowest BCUT2D eigenvalue weighted by atomic mass is 10.1. The molecule has 1 aromatic heterocycles. The van der Waals surface area contributed by atoms with Gasteiger partial charge in [-0.05, 0) is 31.9 Å². The van der Waals surface area contributed by atoms with Crippen LogP contribution in [0, 0.1) is 6.92 Å². The van der Waals surface area contributed by atoms with E-state index in [9.17, 15) is 0 Å². The molecule has 1 saturated carbocycles. The quantitative estimate of drug-likeness (QED) is 0.846. The summed E-state index contributed by atoms with van der Waals surface area (Å²) in [6.45, 7) is 2.72. The number of benzene rings is 1. The molecule has 2 aromatic rings. The molecule has 1 aliphatic rings. The lowest BCUT2D eigenvalue weighted by Gasteiger charge is -2.18. The Morgan fingerprint density at radius 2 is 2.12 bits per heavy atom. The second kappa shape index (κ2) is 3.70. The average Bonchev–Trinajstić information content (AvgIpc) is 3.09. The number of para-hydroxylation sites is 1. The van der Waals surface area contributed by atoms with Crippen molar-refractivity contribution in [3.8, 4) is 0 Å². The maximum Gasteiger partial charge on any atom is 0.0725 e. The minimum absolute atomic E-state index is 0.135. The molecule has 1 aliphatic carbocycles. The lowest BCUT2D eigenvalue weighted by molar-refractivity contribution is 0.743. The average molecular weight is 227 g/mol. The predicted octanol–water partition coefficient (Wildman–Crippen LogP) is 2.45. The number of pyridine rings is 1. The Balaban J connectivity index is 2.08. The van der Waals surface area contributed by atoms with Crippen molar-refractivity contribution in [2.24, 2.45) is 5.73 Å². The van der Waals surface area contributed by atoms with Crippen LogP contribution in [0.25, 0.3) is 10.9 Å². The summed E-state index contributed by atoms with van der Waals surface area (Å²) < 4.78 is 0. The summed E-state index contributed by atoms with van der Waals surface area (Å²) in [5.74, 6) is 0. The molecule has 3 rings (SSSR count). The van der Waals surface area contributed by atoms with Crippen molar-refractivity contribution in [3.63, 3.8) is 0 Å². The molecule has 88 valence electrons. The Kier molecular flexibility index (Phi) is 2.30. The third-order valence-corrected chi connectivity index (χ3v) is 3.49. The topological polar surface area (TPSA) is 50.9 Å². The van der Waals surface area contributed by atoms with Crippen LogP contribution in [0.15, 0.2) is 30.3 Å². The number of hydrogen-bond acceptors (Lipinski definition) is 3. The normalized spacial score (nSPS) is 17.1. The highest BCUT2D eigenvalue weighted by Gasteiger charge is 2.41. The van der Waals surface area contributed by atoms with Gasteiger partial charge in [0.25, 0.3) is 0 Å². The van der Waals surface area contributed by atoms with Crippen molar-refractivity contribution in [2.75, 3.05) is 11.9 Å². The molecule has 1 heterocycles. The number of nitrogens with two attached hydrogens (primary N) is 1. The van der Waals surface area contributed by atoms with Gasteiger partial charge in [0.1, 0.15) is 0 Å². The first-order valence-corrected chi connectivity index (χ1v) is 6.07. The third-order valence-electron chi connectivity index (χ3n) is 3.49. The highest BCUT2D eigenvalue weighted by atomic mass is 15.1. The van der Waals surface area contributed by atoms with E-state index < -0.39 is 0 Å². The monoisotopic (exact) mass is 227 g/mol. The van der Waals surface area contributed by atoms with Gasteiger partial charge in [0, 0.05) is 28.9 Å². The minimum atomic E-state index is 0.135. The zero-order valence-electron chi connectivity index (χ0n) is 10.0. The number of fused-ring (bicyclic) bond motifs is 1. The smallest absolute Gasteiger partial charge is 0.0725 e. The molecule has 0 radical (unpaired) electrons. The van der Waals surface area contributed by atoms with Gasteiger partial charge in [-0.3, -0.25) is 4.98 Å². The number of nitrogens with one attached hydrogen (secondary N) is 1. The first-order chi connectivity index (χ1) is 8.22. The summed E-state index contributed by atoms with van der Waals surface area (Å²) in [5, 5.41) is 4.78. The van der Waals surface area contributed by atoms with Gasteiger partial charge in [-0.25, -0.2) is 0 Å². The number of nitrogens with zero attached hydrogens (tertiary/aromatic N) is 1. The molecule has 0 atom stereocenters. The molecule has 0 saturated heterocycles. The van der Waals surface area contributed by atoms with Crippen LogP contribution in [0.2, 0.25) is 0 Å². The van der Waals surface area contributed by atoms with Crippen LogP contribution in [-0.2, 0) is 0 Å². The Hall–Kier alpha value is -1.61. The van der Waals surface area contributed by atoms with Gasteiger partial charge in [-0.2, -0.15) is 0 Å². The zero-order chi connectivity index (χ0) is 11.9. The summed E-state index contributed by atoms with van der Waals surface area (Å²) >= 11 is 0. The first kappa shape index (κ1) is 10.5. The lowest BCUT2D eigenvalue weighted by Crippen LogP contribution is -2.30. The molecular weight excluding hydrogens is 210 g/mol. The Morgan fingerprint density at radius 1 is 1.35 bits per heavy atom. The molecular formula is C14H17N3. The van der Waals surface area contributed by atoms with Crippen LogP contribution < -0.4 is 11.1 Å². The van der Waals surface area contributed by atoms with Crippen LogP contribution in [0.5, 0.6) is 0 Å². The Bertz CT molecular complexity index is 558. The van der Waals surface area contributed by atoms with Gasteiger partial charge < -0.3 is 11.1 Å². The maximum absolute atomic E-state index is 5.82. The molecule has 3 heteroatoms. The van der Waals surface area contributed by atoms with Crippen molar-refractivity contribution in [1.29, 1.82) is 0 Å². The van der Waals surface area contributed by atoms with E-state index in [1.807, 2.05) is 19.1 Å². The summed E-state index contributed by atoms with van der Waals surface area (Å²) in [6, 6.07) is 10.3. The minimum Gasteiger partial charge on any atom is -0.378 e. The number of hydrogen-bond donors (Lipinski definition) is 2. The molecule has 0 bridgehead atoms. The van der Waals surface area contributed by atoms with Crippen LogP contribution >= 0.6 is 0 Å². The summed E-state index contributed by atoms with van der Waals surface area (Å²) in [7, 11) is 0. The fourth-order valence-corrected chi connectivity index (χ4v) is 2.23. The van der Waals surface area contributed by atoms with Crippen LogP contribution in [0.1, 0.15) is 18.5 Å².